The van der Waals surface area contributed by atoms with E-state index in [-0.39, 0.29) is 5.75 Å². The summed E-state index contributed by atoms with van der Waals surface area (Å²) in [5.41, 5.74) is 1.04. The second-order valence-electron chi connectivity index (χ2n) is 5.83. The number of sulfone groups is 1. The average molecular weight is 312 g/mol. The molecule has 0 saturated carbocycles. The largest absolute Gasteiger partial charge is 0.373 e. The Hall–Kier alpha value is -1.07. The summed E-state index contributed by atoms with van der Waals surface area (Å²) in [6.45, 7) is 9.09. The summed E-state index contributed by atoms with van der Waals surface area (Å²) in [4.78, 5) is 2.54. The maximum absolute atomic E-state index is 12.0. The van der Waals surface area contributed by atoms with Gasteiger partial charge in [0.15, 0.2) is 9.84 Å². The van der Waals surface area contributed by atoms with Crippen LogP contribution in [0.25, 0.3) is 0 Å². The summed E-state index contributed by atoms with van der Waals surface area (Å²) >= 11 is 0. The predicted octanol–water partition coefficient (Wildman–Crippen LogP) is 2.55. The second kappa shape index (κ2) is 8.39. The van der Waals surface area contributed by atoms with E-state index in [4.69, 9.17) is 0 Å². The van der Waals surface area contributed by atoms with Crippen molar-refractivity contribution in [3.05, 3.63) is 24.3 Å². The minimum atomic E-state index is -3.11. The van der Waals surface area contributed by atoms with Crippen LogP contribution in [0.5, 0.6) is 0 Å². The molecule has 1 rings (SSSR count). The van der Waals surface area contributed by atoms with Gasteiger partial charge in [-0.3, -0.25) is 0 Å². The first kappa shape index (κ1) is 18.0. The normalized spacial score (nSPS) is 11.9. The zero-order valence-electron chi connectivity index (χ0n) is 13.6. The van der Waals surface area contributed by atoms with Crippen molar-refractivity contribution in [3.8, 4) is 0 Å². The maximum Gasteiger partial charge on any atom is 0.178 e. The first-order valence-corrected chi connectivity index (χ1v) is 9.26. The van der Waals surface area contributed by atoms with Crippen molar-refractivity contribution in [2.24, 2.45) is 5.92 Å². The van der Waals surface area contributed by atoms with Gasteiger partial charge in [-0.2, -0.15) is 0 Å². The van der Waals surface area contributed by atoms with E-state index in [1.54, 1.807) is 12.1 Å². The van der Waals surface area contributed by atoms with Crippen molar-refractivity contribution >= 4 is 15.5 Å². The van der Waals surface area contributed by atoms with Gasteiger partial charge in [-0.15, -0.1) is 0 Å². The number of anilines is 1. The van der Waals surface area contributed by atoms with Gasteiger partial charge in [0.05, 0.1) is 10.6 Å². The maximum atomic E-state index is 12.0. The number of benzene rings is 1. The summed E-state index contributed by atoms with van der Waals surface area (Å²) in [7, 11) is -1.09. The molecule has 0 fully saturated rings. The monoisotopic (exact) mass is 312 g/mol. The van der Waals surface area contributed by atoms with Gasteiger partial charge in [0, 0.05) is 25.8 Å². The van der Waals surface area contributed by atoms with Crippen LogP contribution in [-0.2, 0) is 9.84 Å². The van der Waals surface area contributed by atoms with Crippen LogP contribution in [0.1, 0.15) is 27.2 Å². The molecule has 0 aromatic heterocycles. The van der Waals surface area contributed by atoms with Crippen molar-refractivity contribution in [2.45, 2.75) is 32.1 Å². The van der Waals surface area contributed by atoms with E-state index >= 15 is 0 Å². The Morgan fingerprint density at radius 2 is 1.81 bits per heavy atom. The molecule has 120 valence electrons. The number of nitrogens with one attached hydrogen (secondary N) is 1. The highest BCUT2D eigenvalue weighted by Gasteiger charge is 2.13. The number of hydrogen-bond acceptors (Lipinski definition) is 4. The van der Waals surface area contributed by atoms with Crippen molar-refractivity contribution in [2.75, 3.05) is 37.3 Å². The third kappa shape index (κ3) is 6.06. The predicted molar refractivity (Wildman–Crippen MR) is 89.8 cm³/mol. The third-order valence-electron chi connectivity index (χ3n) is 3.29. The molecule has 0 heterocycles. The number of nitrogens with zero attached hydrogens (tertiary/aromatic N) is 1. The molecule has 0 aliphatic carbocycles. The zero-order chi connectivity index (χ0) is 15.9. The number of rotatable bonds is 9. The van der Waals surface area contributed by atoms with Crippen molar-refractivity contribution in [1.29, 1.82) is 0 Å². The number of likely N-dealkylation sites (N-methyl/N-ethyl adjacent to an activating group) is 1. The van der Waals surface area contributed by atoms with Crippen LogP contribution in [-0.4, -0.2) is 40.9 Å². The fraction of sp³-hybridized carbons (Fsp3) is 0.625. The van der Waals surface area contributed by atoms with E-state index in [2.05, 4.69) is 24.1 Å². The van der Waals surface area contributed by atoms with Crippen LogP contribution in [0.15, 0.2) is 29.2 Å². The van der Waals surface area contributed by atoms with Gasteiger partial charge in [-0.05, 0) is 43.1 Å². The summed E-state index contributed by atoms with van der Waals surface area (Å²) in [6, 6.07) is 7.17. The minimum Gasteiger partial charge on any atom is -0.373 e. The highest BCUT2D eigenvalue weighted by atomic mass is 32.2. The Morgan fingerprint density at radius 1 is 1.19 bits per heavy atom. The van der Waals surface area contributed by atoms with Crippen LogP contribution in [0.3, 0.4) is 0 Å². The molecule has 4 nitrogen and oxygen atoms in total. The zero-order valence-corrected chi connectivity index (χ0v) is 14.4. The van der Waals surface area contributed by atoms with Gasteiger partial charge in [0.2, 0.25) is 0 Å². The molecule has 0 atom stereocenters. The van der Waals surface area contributed by atoms with Gasteiger partial charge in [-0.25, -0.2) is 8.42 Å². The molecule has 1 aromatic carbocycles. The molecule has 0 unspecified atom stereocenters. The second-order valence-corrected chi connectivity index (χ2v) is 7.94. The lowest BCUT2D eigenvalue weighted by Crippen LogP contribution is -2.31. The molecule has 0 radical (unpaired) electrons. The van der Waals surface area contributed by atoms with Gasteiger partial charge in [0.1, 0.15) is 0 Å². The van der Waals surface area contributed by atoms with Gasteiger partial charge in [0.25, 0.3) is 0 Å². The first-order valence-electron chi connectivity index (χ1n) is 7.61. The molecule has 1 aromatic rings. The smallest absolute Gasteiger partial charge is 0.178 e. The first-order chi connectivity index (χ1) is 9.86. The van der Waals surface area contributed by atoms with E-state index in [1.165, 1.54) is 0 Å². The van der Waals surface area contributed by atoms with Gasteiger partial charge < -0.3 is 10.2 Å². The third-order valence-corrected chi connectivity index (χ3v) is 5.22. The lowest BCUT2D eigenvalue weighted by Gasteiger charge is -2.20. The number of hydrogen-bond donors (Lipinski definition) is 1. The van der Waals surface area contributed by atoms with Crippen molar-refractivity contribution in [3.63, 3.8) is 0 Å². The topological polar surface area (TPSA) is 49.4 Å². The fourth-order valence-corrected chi connectivity index (χ4v) is 3.39. The van der Waals surface area contributed by atoms with E-state index in [0.717, 1.165) is 25.3 Å². The Morgan fingerprint density at radius 3 is 2.33 bits per heavy atom. The average Bonchev–Trinajstić information content (AvgIpc) is 2.43. The Labute approximate surface area is 129 Å². The summed E-state index contributed by atoms with van der Waals surface area (Å²) in [5.74, 6) is 0.861. The molecular weight excluding hydrogens is 284 g/mol. The highest BCUT2D eigenvalue weighted by molar-refractivity contribution is 7.91. The van der Waals surface area contributed by atoms with E-state index < -0.39 is 9.84 Å². The SMILES string of the molecule is CCCS(=O)(=O)c1ccc(N(C)CCNCC(C)C)cc1. The molecule has 5 heteroatoms. The van der Waals surface area contributed by atoms with E-state index in [0.29, 0.717) is 17.2 Å². The van der Waals surface area contributed by atoms with Crippen LogP contribution >= 0.6 is 0 Å². The lowest BCUT2D eigenvalue weighted by atomic mass is 10.2. The molecule has 0 amide bonds. The lowest BCUT2D eigenvalue weighted by molar-refractivity contribution is 0.554. The quantitative estimate of drug-likeness (QED) is 0.712. The van der Waals surface area contributed by atoms with Crippen LogP contribution < -0.4 is 10.2 Å². The molecular formula is C16H28N2O2S. The van der Waals surface area contributed by atoms with Crippen molar-refractivity contribution < 1.29 is 8.42 Å². The molecule has 0 spiro atoms. The molecule has 0 aliphatic heterocycles. The van der Waals surface area contributed by atoms with E-state index in [1.807, 2.05) is 26.1 Å². The summed E-state index contributed by atoms with van der Waals surface area (Å²) in [6.07, 6.45) is 0.644. The standard InChI is InChI=1S/C16H28N2O2S/c1-5-12-21(19,20)16-8-6-15(7-9-16)18(4)11-10-17-13-14(2)3/h6-9,14,17H,5,10-13H2,1-4H3. The van der Waals surface area contributed by atoms with E-state index in [9.17, 15) is 8.42 Å². The van der Waals surface area contributed by atoms with Crippen LogP contribution in [0, 0.1) is 5.92 Å². The fourth-order valence-electron chi connectivity index (χ4n) is 2.06. The summed E-state index contributed by atoms with van der Waals surface area (Å²) in [5, 5.41) is 3.40. The van der Waals surface area contributed by atoms with Gasteiger partial charge >= 0.3 is 0 Å². The highest BCUT2D eigenvalue weighted by Crippen LogP contribution is 2.18. The molecule has 0 aliphatic rings. The summed E-state index contributed by atoms with van der Waals surface area (Å²) < 4.78 is 23.9. The molecule has 1 N–H and O–H groups in total. The van der Waals surface area contributed by atoms with Crippen LogP contribution in [0.4, 0.5) is 5.69 Å². The minimum absolute atomic E-state index is 0.210. The Bertz CT molecular complexity index is 510. The Balaban J connectivity index is 2.57. The molecule has 0 bridgehead atoms. The van der Waals surface area contributed by atoms with Crippen molar-refractivity contribution in [1.82, 2.24) is 5.32 Å². The molecule has 21 heavy (non-hydrogen) atoms. The van der Waals surface area contributed by atoms with Crippen LogP contribution in [0.2, 0.25) is 0 Å². The molecule has 0 saturated heterocycles. The van der Waals surface area contributed by atoms with Gasteiger partial charge in [-0.1, -0.05) is 20.8 Å². The Kier molecular flexibility index (Phi) is 7.18.